The lowest BCUT2D eigenvalue weighted by molar-refractivity contribution is 0.929. The van der Waals surface area contributed by atoms with Crippen LogP contribution in [0.15, 0.2) is 23.3 Å². The van der Waals surface area contributed by atoms with E-state index in [-0.39, 0.29) is 0 Å². The minimum atomic E-state index is 0.410. The lowest BCUT2D eigenvalue weighted by Gasteiger charge is -2.01. The molecule has 3 nitrogen and oxygen atoms in total. The van der Waals surface area contributed by atoms with Gasteiger partial charge in [0, 0.05) is 12.7 Å². The van der Waals surface area contributed by atoms with E-state index < -0.39 is 0 Å². The molecular formula is C9H12ClN3. The van der Waals surface area contributed by atoms with Gasteiger partial charge in [-0.3, -0.25) is 9.98 Å². The molecule has 2 N–H and O–H groups in total. The minimum absolute atomic E-state index is 0.410. The van der Waals surface area contributed by atoms with Gasteiger partial charge in [0.15, 0.2) is 0 Å². The van der Waals surface area contributed by atoms with Gasteiger partial charge in [0.25, 0.3) is 0 Å². The molecule has 1 aromatic rings. The highest BCUT2D eigenvalue weighted by Crippen LogP contribution is 2.11. The predicted molar refractivity (Wildman–Crippen MR) is 55.1 cm³/mol. The highest BCUT2D eigenvalue weighted by molar-refractivity contribution is 6.33. The number of rotatable bonds is 3. The van der Waals surface area contributed by atoms with Crippen LogP contribution < -0.4 is 5.73 Å². The van der Waals surface area contributed by atoms with Crippen molar-refractivity contribution in [2.24, 2.45) is 10.7 Å². The van der Waals surface area contributed by atoms with Crippen LogP contribution in [-0.4, -0.2) is 17.4 Å². The van der Waals surface area contributed by atoms with Gasteiger partial charge in [0.2, 0.25) is 0 Å². The average Bonchev–Trinajstić information content (AvgIpc) is 2.15. The second-order valence-electron chi connectivity index (χ2n) is 2.60. The van der Waals surface area contributed by atoms with Crippen molar-refractivity contribution in [1.82, 2.24) is 4.98 Å². The van der Waals surface area contributed by atoms with Crippen molar-refractivity contribution >= 4 is 17.4 Å². The maximum atomic E-state index is 5.87. The molecule has 0 unspecified atom stereocenters. The Hall–Kier alpha value is -1.09. The topological polar surface area (TPSA) is 51.3 Å². The lowest BCUT2D eigenvalue weighted by Crippen LogP contribution is -2.16. The van der Waals surface area contributed by atoms with Crippen molar-refractivity contribution in [2.75, 3.05) is 6.54 Å². The van der Waals surface area contributed by atoms with Gasteiger partial charge in [-0.05, 0) is 18.6 Å². The van der Waals surface area contributed by atoms with Crippen molar-refractivity contribution in [1.29, 1.82) is 0 Å². The second-order valence-corrected chi connectivity index (χ2v) is 3.01. The molecule has 0 aliphatic carbocycles. The maximum Gasteiger partial charge on any atom is 0.146 e. The maximum absolute atomic E-state index is 5.87. The zero-order chi connectivity index (χ0) is 9.68. The molecule has 1 aromatic heterocycles. The zero-order valence-electron chi connectivity index (χ0n) is 7.50. The molecule has 0 bridgehead atoms. The molecule has 0 aliphatic heterocycles. The Balaban J connectivity index is 2.88. The zero-order valence-corrected chi connectivity index (χ0v) is 8.25. The van der Waals surface area contributed by atoms with E-state index in [2.05, 4.69) is 9.98 Å². The third kappa shape index (κ3) is 2.70. The minimum Gasteiger partial charge on any atom is -0.382 e. The number of nitrogens with zero attached hydrogens (tertiary/aromatic N) is 2. The molecule has 0 saturated heterocycles. The molecule has 0 saturated carbocycles. The van der Waals surface area contributed by atoms with Crippen LogP contribution in [0.2, 0.25) is 5.02 Å². The molecular weight excluding hydrogens is 186 g/mol. The standard InChI is InChI=1S/C9H12ClN3/c1-2-5-13-9(11)8-7(10)4-3-6-12-8/h3-4,6H,2,5H2,1H3,(H2,11,13). The van der Waals surface area contributed by atoms with Crippen LogP contribution in [0.25, 0.3) is 0 Å². The summed E-state index contributed by atoms with van der Waals surface area (Å²) in [5, 5.41) is 0.542. The molecule has 70 valence electrons. The first-order valence-electron chi connectivity index (χ1n) is 4.16. The molecule has 0 spiro atoms. The highest BCUT2D eigenvalue weighted by Gasteiger charge is 2.03. The van der Waals surface area contributed by atoms with E-state index >= 15 is 0 Å². The van der Waals surface area contributed by atoms with E-state index in [0.29, 0.717) is 23.1 Å². The number of aliphatic imine (C=N–C) groups is 1. The molecule has 13 heavy (non-hydrogen) atoms. The quantitative estimate of drug-likeness (QED) is 0.594. The normalized spacial score (nSPS) is 11.7. The van der Waals surface area contributed by atoms with Gasteiger partial charge in [-0.2, -0.15) is 0 Å². The molecule has 0 radical (unpaired) electrons. The van der Waals surface area contributed by atoms with Crippen LogP contribution in [0.1, 0.15) is 19.0 Å². The van der Waals surface area contributed by atoms with Crippen molar-refractivity contribution < 1.29 is 0 Å². The van der Waals surface area contributed by atoms with Crippen LogP contribution >= 0.6 is 11.6 Å². The third-order valence-electron chi connectivity index (χ3n) is 1.51. The molecule has 0 aromatic carbocycles. The molecule has 0 amide bonds. The first-order valence-corrected chi connectivity index (χ1v) is 4.54. The van der Waals surface area contributed by atoms with E-state index in [4.69, 9.17) is 17.3 Å². The van der Waals surface area contributed by atoms with Crippen LogP contribution in [-0.2, 0) is 0 Å². The molecule has 0 atom stereocenters. The van der Waals surface area contributed by atoms with Crippen LogP contribution in [0.3, 0.4) is 0 Å². The molecule has 0 fully saturated rings. The predicted octanol–water partition coefficient (Wildman–Crippen LogP) is 1.85. The van der Waals surface area contributed by atoms with Gasteiger partial charge < -0.3 is 5.73 Å². The first kappa shape index (κ1) is 9.99. The molecule has 4 heteroatoms. The van der Waals surface area contributed by atoms with Crippen molar-refractivity contribution in [3.05, 3.63) is 29.0 Å². The van der Waals surface area contributed by atoms with E-state index in [1.807, 2.05) is 6.92 Å². The summed E-state index contributed by atoms with van der Waals surface area (Å²) in [5.74, 6) is 0.410. The Morgan fingerprint density at radius 3 is 3.08 bits per heavy atom. The van der Waals surface area contributed by atoms with Crippen molar-refractivity contribution in [3.63, 3.8) is 0 Å². The van der Waals surface area contributed by atoms with E-state index in [9.17, 15) is 0 Å². The number of nitrogens with two attached hydrogens (primary N) is 1. The number of pyridine rings is 1. The lowest BCUT2D eigenvalue weighted by atomic mass is 10.3. The second kappa shape index (κ2) is 4.82. The Morgan fingerprint density at radius 2 is 2.46 bits per heavy atom. The first-order chi connectivity index (χ1) is 6.25. The van der Waals surface area contributed by atoms with Gasteiger partial charge in [-0.25, -0.2) is 0 Å². The number of hydrogen-bond acceptors (Lipinski definition) is 2. The fourth-order valence-corrected chi connectivity index (χ4v) is 1.10. The summed E-state index contributed by atoms with van der Waals surface area (Å²) < 4.78 is 0. The number of hydrogen-bond donors (Lipinski definition) is 1. The van der Waals surface area contributed by atoms with E-state index in [0.717, 1.165) is 6.42 Å². The summed E-state index contributed by atoms with van der Waals surface area (Å²) >= 11 is 5.87. The smallest absolute Gasteiger partial charge is 0.146 e. The Morgan fingerprint density at radius 1 is 1.69 bits per heavy atom. The molecule has 1 heterocycles. The van der Waals surface area contributed by atoms with Crippen LogP contribution in [0.5, 0.6) is 0 Å². The van der Waals surface area contributed by atoms with Gasteiger partial charge in [-0.15, -0.1) is 0 Å². The summed E-state index contributed by atoms with van der Waals surface area (Å²) in [7, 11) is 0. The fraction of sp³-hybridized carbons (Fsp3) is 0.333. The van der Waals surface area contributed by atoms with Crippen molar-refractivity contribution in [2.45, 2.75) is 13.3 Å². The monoisotopic (exact) mass is 197 g/mol. The molecule has 1 rings (SSSR count). The Kier molecular flexibility index (Phi) is 3.71. The van der Waals surface area contributed by atoms with Gasteiger partial charge in [0.1, 0.15) is 11.5 Å². The number of halogens is 1. The largest absolute Gasteiger partial charge is 0.382 e. The van der Waals surface area contributed by atoms with Crippen LogP contribution in [0, 0.1) is 0 Å². The van der Waals surface area contributed by atoms with Gasteiger partial charge in [0.05, 0.1) is 5.02 Å². The van der Waals surface area contributed by atoms with E-state index in [1.54, 1.807) is 18.3 Å². The summed E-state index contributed by atoms with van der Waals surface area (Å²) in [6.07, 6.45) is 2.61. The summed E-state index contributed by atoms with van der Waals surface area (Å²) in [5.41, 5.74) is 6.25. The van der Waals surface area contributed by atoms with E-state index in [1.165, 1.54) is 0 Å². The third-order valence-corrected chi connectivity index (χ3v) is 1.81. The average molecular weight is 198 g/mol. The fourth-order valence-electron chi connectivity index (χ4n) is 0.881. The number of aromatic nitrogens is 1. The summed E-state index contributed by atoms with van der Waals surface area (Å²) in [6, 6.07) is 3.51. The summed E-state index contributed by atoms with van der Waals surface area (Å²) in [6.45, 7) is 2.75. The summed E-state index contributed by atoms with van der Waals surface area (Å²) in [4.78, 5) is 8.16. The van der Waals surface area contributed by atoms with Gasteiger partial charge >= 0.3 is 0 Å². The highest BCUT2D eigenvalue weighted by atomic mass is 35.5. The molecule has 0 aliphatic rings. The number of amidine groups is 1. The van der Waals surface area contributed by atoms with Crippen molar-refractivity contribution in [3.8, 4) is 0 Å². The van der Waals surface area contributed by atoms with Crippen LogP contribution in [0.4, 0.5) is 0 Å². The Labute approximate surface area is 82.6 Å². The Bertz CT molecular complexity index is 309. The van der Waals surface area contributed by atoms with Gasteiger partial charge in [-0.1, -0.05) is 18.5 Å². The SMILES string of the molecule is CCCN=C(N)c1ncccc1Cl.